The Morgan fingerprint density at radius 1 is 1.00 bits per heavy atom. The highest BCUT2D eigenvalue weighted by Crippen LogP contribution is 2.26. The van der Waals surface area contributed by atoms with Gasteiger partial charge in [-0.15, -0.1) is 0 Å². The molecule has 0 aliphatic heterocycles. The molecule has 0 aromatic heterocycles. The number of hydrogen-bond acceptors (Lipinski definition) is 2. The van der Waals surface area contributed by atoms with E-state index in [0.29, 0.717) is 11.3 Å². The largest absolute Gasteiger partial charge is 0.496 e. The lowest BCUT2D eigenvalue weighted by atomic mass is 10.0. The summed E-state index contributed by atoms with van der Waals surface area (Å²) in [5.74, 6) is 0.546. The third-order valence-electron chi connectivity index (χ3n) is 3.92. The van der Waals surface area contributed by atoms with Crippen LogP contribution in [0.15, 0.2) is 77.3 Å². The molecule has 0 bridgehead atoms. The zero-order valence-electron chi connectivity index (χ0n) is 13.8. The number of hydrogen-bond donors (Lipinski definition) is 1. The van der Waals surface area contributed by atoms with Gasteiger partial charge in [-0.05, 0) is 57.7 Å². The second kappa shape index (κ2) is 7.99. The minimum absolute atomic E-state index is 0.149. The van der Waals surface area contributed by atoms with E-state index in [-0.39, 0.29) is 5.91 Å². The van der Waals surface area contributed by atoms with Gasteiger partial charge in [0.2, 0.25) is 0 Å². The van der Waals surface area contributed by atoms with Gasteiger partial charge in [0.05, 0.1) is 11.6 Å². The fourth-order valence-corrected chi connectivity index (χ4v) is 3.15. The number of carbonyl (C=O) groups is 1. The molecule has 25 heavy (non-hydrogen) atoms. The molecule has 0 radical (unpaired) electrons. The highest BCUT2D eigenvalue weighted by atomic mass is 79.9. The van der Waals surface area contributed by atoms with Crippen molar-refractivity contribution >= 4 is 27.5 Å². The SMILES string of the molecule is COc1ccc(C(=O)Nc2ccccc2Cc2ccccc2)cc1Br. The van der Waals surface area contributed by atoms with Crippen LogP contribution in [0.5, 0.6) is 5.75 Å². The molecule has 0 aliphatic rings. The standard InChI is InChI=1S/C21H18BrNO2/c1-25-20-12-11-17(14-18(20)22)21(24)23-19-10-6-5-9-16(19)13-15-7-3-2-4-8-15/h2-12,14H,13H2,1H3,(H,23,24). The van der Waals surface area contributed by atoms with Gasteiger partial charge >= 0.3 is 0 Å². The van der Waals surface area contributed by atoms with Crippen LogP contribution in [0.4, 0.5) is 5.69 Å². The number of amides is 1. The van der Waals surface area contributed by atoms with Gasteiger partial charge in [0.25, 0.3) is 5.91 Å². The minimum atomic E-state index is -0.149. The summed E-state index contributed by atoms with van der Waals surface area (Å²) < 4.78 is 5.96. The third-order valence-corrected chi connectivity index (χ3v) is 4.54. The van der Waals surface area contributed by atoms with Crippen LogP contribution in [0.2, 0.25) is 0 Å². The molecule has 0 unspecified atom stereocenters. The number of benzene rings is 3. The highest BCUT2D eigenvalue weighted by Gasteiger charge is 2.11. The summed E-state index contributed by atoms with van der Waals surface area (Å²) in [7, 11) is 1.60. The molecular formula is C21H18BrNO2. The van der Waals surface area contributed by atoms with Gasteiger partial charge in [0, 0.05) is 11.3 Å². The van der Waals surface area contributed by atoms with Crippen molar-refractivity contribution in [3.05, 3.63) is 94.0 Å². The van der Waals surface area contributed by atoms with Crippen molar-refractivity contribution in [2.24, 2.45) is 0 Å². The van der Waals surface area contributed by atoms with Crippen LogP contribution >= 0.6 is 15.9 Å². The molecule has 0 spiro atoms. The van der Waals surface area contributed by atoms with Crippen molar-refractivity contribution in [3.63, 3.8) is 0 Å². The lowest BCUT2D eigenvalue weighted by Crippen LogP contribution is -2.13. The Morgan fingerprint density at radius 2 is 1.72 bits per heavy atom. The van der Waals surface area contributed by atoms with E-state index in [1.807, 2.05) is 42.5 Å². The summed E-state index contributed by atoms with van der Waals surface area (Å²) in [6.45, 7) is 0. The third kappa shape index (κ3) is 4.28. The fourth-order valence-electron chi connectivity index (χ4n) is 2.61. The van der Waals surface area contributed by atoms with Gasteiger partial charge in [0.15, 0.2) is 0 Å². The lowest BCUT2D eigenvalue weighted by molar-refractivity contribution is 0.102. The Morgan fingerprint density at radius 3 is 2.44 bits per heavy atom. The Balaban J connectivity index is 1.81. The zero-order chi connectivity index (χ0) is 17.6. The number of nitrogens with one attached hydrogen (secondary N) is 1. The normalized spacial score (nSPS) is 10.3. The molecule has 126 valence electrons. The predicted molar refractivity (Wildman–Crippen MR) is 104 cm³/mol. The van der Waals surface area contributed by atoms with Crippen LogP contribution < -0.4 is 10.1 Å². The van der Waals surface area contributed by atoms with E-state index < -0.39 is 0 Å². The highest BCUT2D eigenvalue weighted by molar-refractivity contribution is 9.10. The Labute approximate surface area is 155 Å². The van der Waals surface area contributed by atoms with E-state index in [0.717, 1.165) is 22.1 Å². The number of rotatable bonds is 5. The van der Waals surface area contributed by atoms with Gasteiger partial charge in [-0.25, -0.2) is 0 Å². The van der Waals surface area contributed by atoms with E-state index in [4.69, 9.17) is 4.74 Å². The first-order valence-corrected chi connectivity index (χ1v) is 8.73. The molecule has 3 aromatic rings. The predicted octanol–water partition coefficient (Wildman–Crippen LogP) is 5.30. The summed E-state index contributed by atoms with van der Waals surface area (Å²) in [5, 5.41) is 3.01. The molecule has 0 saturated carbocycles. The summed E-state index contributed by atoms with van der Waals surface area (Å²) in [4.78, 5) is 12.6. The first kappa shape index (κ1) is 17.2. The lowest BCUT2D eigenvalue weighted by Gasteiger charge is -2.12. The van der Waals surface area contributed by atoms with Crippen molar-refractivity contribution in [2.45, 2.75) is 6.42 Å². The Kier molecular flexibility index (Phi) is 5.51. The topological polar surface area (TPSA) is 38.3 Å². The van der Waals surface area contributed by atoms with E-state index in [9.17, 15) is 4.79 Å². The molecule has 3 aromatic carbocycles. The number of methoxy groups -OCH3 is 1. The molecule has 1 N–H and O–H groups in total. The van der Waals surface area contributed by atoms with Crippen LogP contribution in [0.3, 0.4) is 0 Å². The van der Waals surface area contributed by atoms with Crippen LogP contribution in [0.25, 0.3) is 0 Å². The maximum Gasteiger partial charge on any atom is 0.255 e. The van der Waals surface area contributed by atoms with E-state index in [2.05, 4.69) is 33.4 Å². The van der Waals surface area contributed by atoms with Gasteiger partial charge in [-0.3, -0.25) is 4.79 Å². The van der Waals surface area contributed by atoms with Crippen molar-refractivity contribution in [1.29, 1.82) is 0 Å². The van der Waals surface area contributed by atoms with Gasteiger partial charge in [-0.1, -0.05) is 48.5 Å². The van der Waals surface area contributed by atoms with Crippen molar-refractivity contribution in [3.8, 4) is 5.75 Å². The number of para-hydroxylation sites is 1. The molecule has 0 fully saturated rings. The molecule has 4 heteroatoms. The van der Waals surface area contributed by atoms with E-state index in [1.54, 1.807) is 25.3 Å². The first-order valence-electron chi connectivity index (χ1n) is 7.94. The zero-order valence-corrected chi connectivity index (χ0v) is 15.4. The fraction of sp³-hybridized carbons (Fsp3) is 0.0952. The van der Waals surface area contributed by atoms with Gasteiger partial charge < -0.3 is 10.1 Å². The summed E-state index contributed by atoms with van der Waals surface area (Å²) in [5.41, 5.74) is 3.68. The number of anilines is 1. The Hall–Kier alpha value is -2.59. The second-order valence-corrected chi connectivity index (χ2v) is 6.48. The number of halogens is 1. The molecule has 0 saturated heterocycles. The minimum Gasteiger partial charge on any atom is -0.496 e. The Bertz CT molecular complexity index is 878. The van der Waals surface area contributed by atoms with E-state index >= 15 is 0 Å². The summed E-state index contributed by atoms with van der Waals surface area (Å²) in [6, 6.07) is 23.3. The first-order chi connectivity index (χ1) is 12.2. The molecule has 3 rings (SSSR count). The van der Waals surface area contributed by atoms with Gasteiger partial charge in [0.1, 0.15) is 5.75 Å². The average Bonchev–Trinajstić information content (AvgIpc) is 2.64. The average molecular weight is 396 g/mol. The maximum atomic E-state index is 12.6. The smallest absolute Gasteiger partial charge is 0.255 e. The van der Waals surface area contributed by atoms with Crippen LogP contribution in [0.1, 0.15) is 21.5 Å². The van der Waals surface area contributed by atoms with Crippen LogP contribution in [0, 0.1) is 0 Å². The van der Waals surface area contributed by atoms with Gasteiger partial charge in [-0.2, -0.15) is 0 Å². The second-order valence-electron chi connectivity index (χ2n) is 5.62. The maximum absolute atomic E-state index is 12.6. The molecule has 0 aliphatic carbocycles. The summed E-state index contributed by atoms with van der Waals surface area (Å²) in [6.07, 6.45) is 0.767. The number of carbonyl (C=O) groups excluding carboxylic acids is 1. The summed E-state index contributed by atoms with van der Waals surface area (Å²) >= 11 is 3.41. The van der Waals surface area contributed by atoms with Crippen LogP contribution in [-0.4, -0.2) is 13.0 Å². The molecular weight excluding hydrogens is 378 g/mol. The number of ether oxygens (including phenoxy) is 1. The van der Waals surface area contributed by atoms with E-state index in [1.165, 1.54) is 5.56 Å². The van der Waals surface area contributed by atoms with Crippen molar-refractivity contribution < 1.29 is 9.53 Å². The molecule has 3 nitrogen and oxygen atoms in total. The van der Waals surface area contributed by atoms with Crippen molar-refractivity contribution in [2.75, 3.05) is 12.4 Å². The molecule has 0 heterocycles. The molecule has 1 amide bonds. The quantitative estimate of drug-likeness (QED) is 0.636. The van der Waals surface area contributed by atoms with Crippen molar-refractivity contribution in [1.82, 2.24) is 0 Å². The van der Waals surface area contributed by atoms with Crippen LogP contribution in [-0.2, 0) is 6.42 Å². The monoisotopic (exact) mass is 395 g/mol. The molecule has 0 atom stereocenters.